The van der Waals surface area contributed by atoms with Gasteiger partial charge in [-0.2, -0.15) is 4.98 Å². The molecule has 0 aliphatic carbocycles. The maximum Gasteiger partial charge on any atom is 0.338 e. The van der Waals surface area contributed by atoms with Crippen molar-refractivity contribution in [2.24, 2.45) is 0 Å². The van der Waals surface area contributed by atoms with E-state index < -0.39 is 12.0 Å². The summed E-state index contributed by atoms with van der Waals surface area (Å²) < 4.78 is 14.9. The second-order valence-electron chi connectivity index (χ2n) is 10.6. The molecule has 1 aromatic heterocycles. The van der Waals surface area contributed by atoms with Crippen LogP contribution in [0.2, 0.25) is 5.02 Å². The number of thioether (sulfide) groups is 1. The van der Waals surface area contributed by atoms with Gasteiger partial charge in [-0.05, 0) is 60.4 Å². The summed E-state index contributed by atoms with van der Waals surface area (Å²) in [7, 11) is 0. The number of ether oxygens (including phenoxy) is 2. The van der Waals surface area contributed by atoms with Crippen molar-refractivity contribution in [3.63, 3.8) is 0 Å². The fraction of sp³-hybridized carbons (Fsp3) is 0.171. The van der Waals surface area contributed by atoms with Crippen molar-refractivity contribution >= 4 is 51.2 Å². The molecule has 0 fully saturated rings. The summed E-state index contributed by atoms with van der Waals surface area (Å²) in [6.45, 7) is 4.42. The molecule has 45 heavy (non-hydrogen) atoms. The number of aromatic nitrogens is 3. The molecule has 0 saturated carbocycles. The van der Waals surface area contributed by atoms with Gasteiger partial charge in [-0.25, -0.2) is 9.48 Å². The van der Waals surface area contributed by atoms with Gasteiger partial charge in [0.25, 0.3) is 0 Å². The molecule has 7 nitrogen and oxygen atoms in total. The smallest absolute Gasteiger partial charge is 0.338 e. The second kappa shape index (κ2) is 13.9. The number of nitrogens with zero attached hydrogens (tertiary/aromatic N) is 3. The summed E-state index contributed by atoms with van der Waals surface area (Å²) in [4.78, 5) is 18.7. The van der Waals surface area contributed by atoms with Crippen molar-refractivity contribution in [3.05, 3.63) is 146 Å². The molecular weight excluding hydrogens is 672 g/mol. The lowest BCUT2D eigenvalue weighted by atomic mass is 9.95. The number of hydrogen-bond acceptors (Lipinski definition) is 7. The summed E-state index contributed by atoms with van der Waals surface area (Å²) in [6.07, 6.45) is 0. The van der Waals surface area contributed by atoms with Crippen LogP contribution in [-0.2, 0) is 28.5 Å². The average Bonchev–Trinajstić information content (AvgIpc) is 3.45. The van der Waals surface area contributed by atoms with Crippen LogP contribution in [0, 0.1) is 6.92 Å². The van der Waals surface area contributed by atoms with Gasteiger partial charge in [-0.3, -0.25) is 0 Å². The molecule has 1 unspecified atom stereocenters. The molecule has 1 aliphatic heterocycles. The molecule has 0 saturated heterocycles. The van der Waals surface area contributed by atoms with Crippen molar-refractivity contribution < 1.29 is 14.3 Å². The predicted molar refractivity (Wildman–Crippen MR) is 181 cm³/mol. The first-order valence-electron chi connectivity index (χ1n) is 14.4. The van der Waals surface area contributed by atoms with Crippen LogP contribution in [0.3, 0.4) is 0 Å². The fourth-order valence-electron chi connectivity index (χ4n) is 5.10. The first-order chi connectivity index (χ1) is 21.9. The highest BCUT2D eigenvalue weighted by Crippen LogP contribution is 2.42. The lowest BCUT2D eigenvalue weighted by Crippen LogP contribution is -2.30. The number of anilines is 1. The predicted octanol–water partition coefficient (Wildman–Crippen LogP) is 8.91. The Kier molecular flexibility index (Phi) is 9.59. The number of fused-ring (bicyclic) bond motifs is 1. The first kappa shape index (κ1) is 31.0. The van der Waals surface area contributed by atoms with Crippen molar-refractivity contribution in [1.82, 2.24) is 14.8 Å². The standard InChI is InChI=1S/C35H30BrClN4O3S/c1-22-10-6-7-13-25(22)20-43-30-17-16-27(36)18-28(30)32-31(33(42)44-19-24-11-4-3-5-12-24)23(2)38-34-39-35(40-41(32)34)45-21-26-14-8-9-15-29(26)37/h3-18,32H,19-21H2,1-2H3,(H,38,39,40). The Balaban J connectivity index is 1.37. The number of hydrogen-bond donors (Lipinski definition) is 1. The Morgan fingerprint density at radius 1 is 0.956 bits per heavy atom. The Morgan fingerprint density at radius 2 is 1.69 bits per heavy atom. The minimum atomic E-state index is -0.670. The zero-order chi connectivity index (χ0) is 31.3. The summed E-state index contributed by atoms with van der Waals surface area (Å²) in [5.41, 5.74) is 5.89. The molecular formula is C35H30BrClN4O3S. The summed E-state index contributed by atoms with van der Waals surface area (Å²) in [5, 5.41) is 9.42. The number of halogens is 2. The van der Waals surface area contributed by atoms with E-state index in [9.17, 15) is 4.79 Å². The Hall–Kier alpha value is -4.05. The zero-order valence-electron chi connectivity index (χ0n) is 24.7. The van der Waals surface area contributed by atoms with Crippen LogP contribution in [0.5, 0.6) is 5.75 Å². The molecule has 5 aromatic rings. The lowest BCUT2D eigenvalue weighted by molar-refractivity contribution is -0.140. The maximum atomic E-state index is 13.9. The van der Waals surface area contributed by atoms with E-state index in [1.54, 1.807) is 4.68 Å². The van der Waals surface area contributed by atoms with Crippen LogP contribution < -0.4 is 10.1 Å². The largest absolute Gasteiger partial charge is 0.489 e. The minimum Gasteiger partial charge on any atom is -0.489 e. The van der Waals surface area contributed by atoms with E-state index in [0.29, 0.717) is 45.5 Å². The van der Waals surface area contributed by atoms with E-state index in [-0.39, 0.29) is 6.61 Å². The summed E-state index contributed by atoms with van der Waals surface area (Å²) in [5.74, 6) is 1.28. The van der Waals surface area contributed by atoms with Crippen LogP contribution in [0.4, 0.5) is 5.95 Å². The Morgan fingerprint density at radius 3 is 2.47 bits per heavy atom. The van der Waals surface area contributed by atoms with Crippen molar-refractivity contribution in [2.45, 2.75) is 44.0 Å². The van der Waals surface area contributed by atoms with Gasteiger partial charge in [-0.15, -0.1) is 5.10 Å². The number of aryl methyl sites for hydroxylation is 1. The highest BCUT2D eigenvalue weighted by atomic mass is 79.9. The molecule has 1 N–H and O–H groups in total. The van der Waals surface area contributed by atoms with E-state index in [4.69, 9.17) is 31.2 Å². The molecule has 1 atom stereocenters. The van der Waals surface area contributed by atoms with E-state index in [1.807, 2.05) is 97.9 Å². The normalized spacial score (nSPS) is 14.1. The van der Waals surface area contributed by atoms with E-state index >= 15 is 0 Å². The molecule has 0 spiro atoms. The van der Waals surface area contributed by atoms with Crippen LogP contribution in [-0.4, -0.2) is 20.7 Å². The average molecular weight is 702 g/mol. The van der Waals surface area contributed by atoms with Crippen molar-refractivity contribution in [2.75, 3.05) is 5.32 Å². The molecule has 10 heteroatoms. The van der Waals surface area contributed by atoms with Gasteiger partial charge < -0.3 is 14.8 Å². The SMILES string of the molecule is CC1=C(C(=O)OCc2ccccc2)C(c2cc(Br)ccc2OCc2ccccc2C)n2nc(SCc3ccccc3Cl)nc2N1. The Labute approximate surface area is 279 Å². The molecule has 0 bridgehead atoms. The first-order valence-corrected chi connectivity index (χ1v) is 16.5. The highest BCUT2D eigenvalue weighted by Gasteiger charge is 2.37. The lowest BCUT2D eigenvalue weighted by Gasteiger charge is -2.29. The van der Waals surface area contributed by atoms with Gasteiger partial charge >= 0.3 is 5.97 Å². The van der Waals surface area contributed by atoms with Crippen LogP contribution >= 0.6 is 39.3 Å². The third-order valence-electron chi connectivity index (χ3n) is 7.49. The van der Waals surface area contributed by atoms with Crippen LogP contribution in [0.1, 0.15) is 40.8 Å². The molecule has 228 valence electrons. The van der Waals surface area contributed by atoms with Crippen LogP contribution in [0.25, 0.3) is 0 Å². The van der Waals surface area contributed by atoms with Gasteiger partial charge in [0.1, 0.15) is 25.0 Å². The quantitative estimate of drug-likeness (QED) is 0.115. The molecule has 6 rings (SSSR count). The van der Waals surface area contributed by atoms with E-state index in [0.717, 1.165) is 32.3 Å². The summed E-state index contributed by atoms with van der Waals surface area (Å²) >= 11 is 11.5. The summed E-state index contributed by atoms with van der Waals surface area (Å²) in [6, 6.07) is 30.6. The van der Waals surface area contributed by atoms with E-state index in [2.05, 4.69) is 34.2 Å². The third-order valence-corrected chi connectivity index (χ3v) is 9.24. The van der Waals surface area contributed by atoms with Gasteiger partial charge in [0.2, 0.25) is 11.1 Å². The maximum absolute atomic E-state index is 13.9. The van der Waals surface area contributed by atoms with Gasteiger partial charge in [0.15, 0.2) is 0 Å². The second-order valence-corrected chi connectivity index (χ2v) is 12.8. The Bertz CT molecular complexity index is 1880. The minimum absolute atomic E-state index is 0.140. The number of esters is 1. The molecule has 0 amide bonds. The van der Waals surface area contributed by atoms with Crippen molar-refractivity contribution in [3.8, 4) is 5.75 Å². The molecule has 4 aromatic carbocycles. The topological polar surface area (TPSA) is 78.3 Å². The van der Waals surface area contributed by atoms with Gasteiger partial charge in [0.05, 0.1) is 5.57 Å². The number of carbonyl (C=O) groups excluding carboxylic acids is 1. The number of rotatable bonds is 10. The number of allylic oxidation sites excluding steroid dienone is 1. The number of carbonyl (C=O) groups is 1. The van der Waals surface area contributed by atoms with Gasteiger partial charge in [-0.1, -0.05) is 112 Å². The number of benzene rings is 4. The van der Waals surface area contributed by atoms with E-state index in [1.165, 1.54) is 11.8 Å². The zero-order valence-corrected chi connectivity index (χ0v) is 27.8. The molecule has 2 heterocycles. The molecule has 0 radical (unpaired) electrons. The number of nitrogens with one attached hydrogen (secondary N) is 1. The van der Waals surface area contributed by atoms with Crippen LogP contribution in [0.15, 0.2) is 118 Å². The monoisotopic (exact) mass is 700 g/mol. The highest BCUT2D eigenvalue weighted by molar-refractivity contribution is 9.10. The van der Waals surface area contributed by atoms with Gasteiger partial charge in [0, 0.05) is 26.5 Å². The fourth-order valence-corrected chi connectivity index (χ4v) is 6.59. The van der Waals surface area contributed by atoms with Crippen molar-refractivity contribution in [1.29, 1.82) is 0 Å². The third kappa shape index (κ3) is 7.11. The molecule has 1 aliphatic rings.